The summed E-state index contributed by atoms with van der Waals surface area (Å²) >= 11 is 1.54. The van der Waals surface area contributed by atoms with Crippen LogP contribution in [-0.4, -0.2) is 10.9 Å². The van der Waals surface area contributed by atoms with Gasteiger partial charge in [-0.3, -0.25) is 4.79 Å². The molecule has 1 heterocycles. The van der Waals surface area contributed by atoms with Crippen molar-refractivity contribution in [3.05, 3.63) is 77.3 Å². The standard InChI is InChI=1S/C20H16N2OS/c1-13(16-8-4-6-14-5-2-3-7-17(14)16)22-20(23)15-9-10-18-19(11-15)24-12-21-18/h2-13H,1H3,(H,22,23)/t13-/m1/s1. The number of rotatable bonds is 3. The maximum absolute atomic E-state index is 12.6. The second kappa shape index (κ2) is 6.06. The molecule has 3 aromatic carbocycles. The van der Waals surface area contributed by atoms with Gasteiger partial charge in [0.2, 0.25) is 0 Å². The zero-order valence-corrected chi connectivity index (χ0v) is 14.0. The predicted molar refractivity (Wildman–Crippen MR) is 99.4 cm³/mol. The van der Waals surface area contributed by atoms with Gasteiger partial charge in [0.25, 0.3) is 5.91 Å². The second-order valence-electron chi connectivity index (χ2n) is 5.80. The first-order valence-corrected chi connectivity index (χ1v) is 8.72. The third kappa shape index (κ3) is 2.65. The lowest BCUT2D eigenvalue weighted by Gasteiger charge is -2.16. The highest BCUT2D eigenvalue weighted by Gasteiger charge is 2.14. The third-order valence-electron chi connectivity index (χ3n) is 4.23. The minimum Gasteiger partial charge on any atom is -0.345 e. The normalized spacial score (nSPS) is 12.4. The Balaban J connectivity index is 1.62. The van der Waals surface area contributed by atoms with Crippen LogP contribution in [0.1, 0.15) is 28.9 Å². The number of carbonyl (C=O) groups is 1. The van der Waals surface area contributed by atoms with Crippen LogP contribution in [0.4, 0.5) is 0 Å². The van der Waals surface area contributed by atoms with Crippen LogP contribution in [0.2, 0.25) is 0 Å². The number of hydrogen-bond acceptors (Lipinski definition) is 3. The molecule has 0 saturated carbocycles. The monoisotopic (exact) mass is 332 g/mol. The Hall–Kier alpha value is -2.72. The van der Waals surface area contributed by atoms with E-state index in [1.165, 1.54) is 10.8 Å². The maximum Gasteiger partial charge on any atom is 0.251 e. The van der Waals surface area contributed by atoms with Crippen LogP contribution in [0, 0.1) is 0 Å². The van der Waals surface area contributed by atoms with Crippen molar-refractivity contribution < 1.29 is 4.79 Å². The number of nitrogens with zero attached hydrogens (tertiary/aromatic N) is 1. The van der Waals surface area contributed by atoms with E-state index in [2.05, 4.69) is 34.6 Å². The molecule has 0 bridgehead atoms. The Bertz CT molecular complexity index is 1030. The van der Waals surface area contributed by atoms with Crippen LogP contribution in [0.5, 0.6) is 0 Å². The van der Waals surface area contributed by atoms with Gasteiger partial charge in [0.15, 0.2) is 0 Å². The topological polar surface area (TPSA) is 42.0 Å². The zero-order valence-electron chi connectivity index (χ0n) is 13.2. The molecule has 0 radical (unpaired) electrons. The minimum absolute atomic E-state index is 0.0641. The Morgan fingerprint density at radius 3 is 2.83 bits per heavy atom. The summed E-state index contributed by atoms with van der Waals surface area (Å²) in [5.74, 6) is -0.0641. The van der Waals surface area contributed by atoms with E-state index in [0.717, 1.165) is 15.8 Å². The number of fused-ring (bicyclic) bond motifs is 2. The average molecular weight is 332 g/mol. The van der Waals surface area contributed by atoms with Crippen LogP contribution in [0.3, 0.4) is 0 Å². The molecule has 0 spiro atoms. The summed E-state index contributed by atoms with van der Waals surface area (Å²) in [5.41, 5.74) is 4.52. The zero-order chi connectivity index (χ0) is 16.5. The molecule has 4 heteroatoms. The molecule has 1 amide bonds. The van der Waals surface area contributed by atoms with E-state index in [0.29, 0.717) is 5.56 Å². The van der Waals surface area contributed by atoms with E-state index in [4.69, 9.17) is 0 Å². The lowest BCUT2D eigenvalue weighted by atomic mass is 9.99. The van der Waals surface area contributed by atoms with Crippen LogP contribution in [0.25, 0.3) is 21.0 Å². The fraction of sp³-hybridized carbons (Fsp3) is 0.100. The highest BCUT2D eigenvalue weighted by atomic mass is 32.1. The molecule has 1 aromatic heterocycles. The Morgan fingerprint density at radius 1 is 1.08 bits per heavy atom. The van der Waals surface area contributed by atoms with Crippen molar-refractivity contribution in [1.29, 1.82) is 0 Å². The van der Waals surface area contributed by atoms with Crippen molar-refractivity contribution in [2.24, 2.45) is 0 Å². The van der Waals surface area contributed by atoms with E-state index in [1.807, 2.05) is 43.3 Å². The quantitative estimate of drug-likeness (QED) is 0.577. The fourth-order valence-electron chi connectivity index (χ4n) is 2.98. The summed E-state index contributed by atoms with van der Waals surface area (Å²) in [6.07, 6.45) is 0. The van der Waals surface area contributed by atoms with Crippen molar-refractivity contribution in [3.63, 3.8) is 0 Å². The lowest BCUT2D eigenvalue weighted by Crippen LogP contribution is -2.26. The summed E-state index contributed by atoms with van der Waals surface area (Å²) in [6, 6.07) is 20.0. The van der Waals surface area contributed by atoms with E-state index in [9.17, 15) is 4.79 Å². The molecule has 1 N–H and O–H groups in total. The van der Waals surface area contributed by atoms with Gasteiger partial charge in [-0.2, -0.15) is 0 Å². The molecule has 0 aliphatic heterocycles. The first kappa shape index (κ1) is 14.8. The largest absolute Gasteiger partial charge is 0.345 e. The van der Waals surface area contributed by atoms with Crippen molar-refractivity contribution in [2.75, 3.05) is 0 Å². The van der Waals surface area contributed by atoms with Crippen molar-refractivity contribution in [2.45, 2.75) is 13.0 Å². The van der Waals surface area contributed by atoms with Gasteiger partial charge in [0, 0.05) is 5.56 Å². The molecule has 0 unspecified atom stereocenters. The van der Waals surface area contributed by atoms with Gasteiger partial charge in [-0.25, -0.2) is 4.98 Å². The first-order valence-electron chi connectivity index (χ1n) is 7.84. The van der Waals surface area contributed by atoms with Gasteiger partial charge in [0.05, 0.1) is 21.8 Å². The van der Waals surface area contributed by atoms with Gasteiger partial charge in [-0.15, -0.1) is 11.3 Å². The number of thiazole rings is 1. The highest BCUT2D eigenvalue weighted by molar-refractivity contribution is 7.16. The Kier molecular flexibility index (Phi) is 3.75. The molecule has 4 aromatic rings. The summed E-state index contributed by atoms with van der Waals surface area (Å²) in [7, 11) is 0. The Labute approximate surface area is 144 Å². The third-order valence-corrected chi connectivity index (χ3v) is 5.02. The summed E-state index contributed by atoms with van der Waals surface area (Å²) in [6.45, 7) is 2.02. The number of benzene rings is 3. The van der Waals surface area contributed by atoms with Gasteiger partial charge in [-0.1, -0.05) is 42.5 Å². The Morgan fingerprint density at radius 2 is 1.92 bits per heavy atom. The maximum atomic E-state index is 12.6. The number of amides is 1. The average Bonchev–Trinajstić information content (AvgIpc) is 3.08. The van der Waals surface area contributed by atoms with Gasteiger partial charge >= 0.3 is 0 Å². The number of nitrogens with one attached hydrogen (secondary N) is 1. The summed E-state index contributed by atoms with van der Waals surface area (Å²) in [4.78, 5) is 16.9. The van der Waals surface area contributed by atoms with E-state index in [1.54, 1.807) is 16.8 Å². The molecule has 0 saturated heterocycles. The molecule has 1 atom stereocenters. The molecule has 4 rings (SSSR count). The van der Waals surface area contributed by atoms with Crippen LogP contribution < -0.4 is 5.32 Å². The van der Waals surface area contributed by atoms with E-state index >= 15 is 0 Å². The van der Waals surface area contributed by atoms with Crippen LogP contribution in [-0.2, 0) is 0 Å². The molecule has 0 fully saturated rings. The fourth-order valence-corrected chi connectivity index (χ4v) is 3.70. The number of hydrogen-bond donors (Lipinski definition) is 1. The van der Waals surface area contributed by atoms with Crippen LogP contribution in [0.15, 0.2) is 66.2 Å². The van der Waals surface area contributed by atoms with E-state index < -0.39 is 0 Å². The molecule has 0 aliphatic carbocycles. The molecule has 3 nitrogen and oxygen atoms in total. The van der Waals surface area contributed by atoms with Gasteiger partial charge in [0.1, 0.15) is 0 Å². The van der Waals surface area contributed by atoms with Crippen molar-refractivity contribution in [3.8, 4) is 0 Å². The molecule has 118 valence electrons. The minimum atomic E-state index is -0.0687. The smallest absolute Gasteiger partial charge is 0.251 e. The van der Waals surface area contributed by atoms with Crippen molar-refractivity contribution in [1.82, 2.24) is 10.3 Å². The first-order chi connectivity index (χ1) is 11.7. The number of carbonyl (C=O) groups excluding carboxylic acids is 1. The molecular weight excluding hydrogens is 316 g/mol. The molecular formula is C20H16N2OS. The lowest BCUT2D eigenvalue weighted by molar-refractivity contribution is 0.0940. The predicted octanol–water partition coefficient (Wildman–Crippen LogP) is 4.94. The van der Waals surface area contributed by atoms with Gasteiger partial charge < -0.3 is 5.32 Å². The number of aromatic nitrogens is 1. The molecule has 0 aliphatic rings. The molecule has 24 heavy (non-hydrogen) atoms. The van der Waals surface area contributed by atoms with Crippen LogP contribution >= 0.6 is 11.3 Å². The SMILES string of the molecule is C[C@@H](NC(=O)c1ccc2ncsc2c1)c1cccc2ccccc12. The van der Waals surface area contributed by atoms with Crippen molar-refractivity contribution >= 4 is 38.2 Å². The van der Waals surface area contributed by atoms with E-state index in [-0.39, 0.29) is 11.9 Å². The second-order valence-corrected chi connectivity index (χ2v) is 6.68. The highest BCUT2D eigenvalue weighted by Crippen LogP contribution is 2.25. The summed E-state index contributed by atoms with van der Waals surface area (Å²) < 4.78 is 1.03. The van der Waals surface area contributed by atoms with Gasteiger partial charge in [-0.05, 0) is 41.5 Å². The summed E-state index contributed by atoms with van der Waals surface area (Å²) in [5, 5.41) is 5.46.